The van der Waals surface area contributed by atoms with Crippen molar-refractivity contribution in [3.8, 4) is 0 Å². The Morgan fingerprint density at radius 1 is 1.50 bits per heavy atom. The number of ether oxygens (including phenoxy) is 1. The Labute approximate surface area is 98.9 Å². The van der Waals surface area contributed by atoms with Crippen LogP contribution in [0.3, 0.4) is 0 Å². The van der Waals surface area contributed by atoms with E-state index in [4.69, 9.17) is 0 Å². The largest absolute Gasteiger partial charge is 0.453 e. The third kappa shape index (κ3) is 2.39. The van der Waals surface area contributed by atoms with E-state index in [9.17, 15) is 4.79 Å². The lowest BCUT2D eigenvalue weighted by molar-refractivity contribution is 0.187. The van der Waals surface area contributed by atoms with Crippen LogP contribution in [-0.2, 0) is 4.74 Å². The average Bonchev–Trinajstić information content (AvgIpc) is 2.83. The SMILES string of the molecule is COC(=O)Nc1ccccc1C1CC=CS1. The van der Waals surface area contributed by atoms with Crippen LogP contribution in [0.4, 0.5) is 10.5 Å². The number of hydrogen-bond donors (Lipinski definition) is 1. The van der Waals surface area contributed by atoms with E-state index >= 15 is 0 Å². The molecule has 1 amide bonds. The summed E-state index contributed by atoms with van der Waals surface area (Å²) in [4.78, 5) is 11.2. The topological polar surface area (TPSA) is 38.3 Å². The third-order valence-electron chi connectivity index (χ3n) is 2.42. The summed E-state index contributed by atoms with van der Waals surface area (Å²) in [5.74, 6) is 0. The Bertz CT molecular complexity index is 409. The molecule has 2 rings (SSSR count). The van der Waals surface area contributed by atoms with E-state index in [-0.39, 0.29) is 0 Å². The van der Waals surface area contributed by atoms with Gasteiger partial charge in [-0.3, -0.25) is 5.32 Å². The van der Waals surface area contributed by atoms with Crippen molar-refractivity contribution in [1.82, 2.24) is 0 Å². The van der Waals surface area contributed by atoms with Crippen molar-refractivity contribution in [3.63, 3.8) is 0 Å². The van der Waals surface area contributed by atoms with Crippen molar-refractivity contribution in [2.45, 2.75) is 11.7 Å². The molecule has 1 aliphatic rings. The maximum atomic E-state index is 11.2. The summed E-state index contributed by atoms with van der Waals surface area (Å²) in [5, 5.41) is 5.23. The molecule has 1 unspecified atom stereocenters. The van der Waals surface area contributed by atoms with E-state index in [1.807, 2.05) is 24.3 Å². The number of carbonyl (C=O) groups excluding carboxylic acids is 1. The molecule has 4 heteroatoms. The van der Waals surface area contributed by atoms with Gasteiger partial charge in [-0.1, -0.05) is 24.3 Å². The second-order valence-electron chi connectivity index (χ2n) is 3.44. The number of rotatable bonds is 2. The second-order valence-corrected chi connectivity index (χ2v) is 4.55. The number of thioether (sulfide) groups is 1. The van der Waals surface area contributed by atoms with Crippen LogP contribution in [0.1, 0.15) is 17.2 Å². The number of carbonyl (C=O) groups is 1. The van der Waals surface area contributed by atoms with Gasteiger partial charge in [0.15, 0.2) is 0 Å². The molecule has 0 aromatic heterocycles. The van der Waals surface area contributed by atoms with Gasteiger partial charge in [0.25, 0.3) is 0 Å². The van der Waals surface area contributed by atoms with Crippen molar-refractivity contribution in [2.75, 3.05) is 12.4 Å². The van der Waals surface area contributed by atoms with Crippen LogP contribution in [0.2, 0.25) is 0 Å². The predicted octanol–water partition coefficient (Wildman–Crippen LogP) is 3.56. The molecule has 1 atom stereocenters. The number of para-hydroxylation sites is 1. The summed E-state index contributed by atoms with van der Waals surface area (Å²) in [6, 6.07) is 7.82. The molecule has 0 aliphatic carbocycles. The van der Waals surface area contributed by atoms with Gasteiger partial charge in [0.1, 0.15) is 0 Å². The molecule has 0 saturated heterocycles. The van der Waals surface area contributed by atoms with E-state index in [2.05, 4.69) is 21.5 Å². The maximum Gasteiger partial charge on any atom is 0.411 e. The van der Waals surface area contributed by atoms with Crippen LogP contribution in [-0.4, -0.2) is 13.2 Å². The summed E-state index contributed by atoms with van der Waals surface area (Å²) in [7, 11) is 1.36. The van der Waals surface area contributed by atoms with Crippen LogP contribution < -0.4 is 5.32 Å². The smallest absolute Gasteiger partial charge is 0.411 e. The zero-order valence-electron chi connectivity index (χ0n) is 8.97. The number of methoxy groups -OCH3 is 1. The summed E-state index contributed by atoms with van der Waals surface area (Å²) < 4.78 is 4.60. The van der Waals surface area contributed by atoms with Gasteiger partial charge in [-0.25, -0.2) is 4.79 Å². The van der Waals surface area contributed by atoms with E-state index in [0.717, 1.165) is 17.7 Å². The van der Waals surface area contributed by atoms with Gasteiger partial charge in [-0.15, -0.1) is 11.8 Å². The molecule has 0 fully saturated rings. The molecule has 3 nitrogen and oxygen atoms in total. The van der Waals surface area contributed by atoms with Gasteiger partial charge in [-0.05, 0) is 23.5 Å². The Morgan fingerprint density at radius 3 is 3.00 bits per heavy atom. The van der Waals surface area contributed by atoms with Crippen molar-refractivity contribution >= 4 is 23.5 Å². The van der Waals surface area contributed by atoms with Crippen molar-refractivity contribution in [2.24, 2.45) is 0 Å². The summed E-state index contributed by atoms with van der Waals surface area (Å²) in [6.45, 7) is 0. The number of hydrogen-bond acceptors (Lipinski definition) is 3. The van der Waals surface area contributed by atoms with E-state index in [1.165, 1.54) is 7.11 Å². The monoisotopic (exact) mass is 235 g/mol. The maximum absolute atomic E-state index is 11.2. The van der Waals surface area contributed by atoms with Crippen molar-refractivity contribution in [3.05, 3.63) is 41.3 Å². The first-order chi connectivity index (χ1) is 7.81. The molecule has 0 saturated carbocycles. The minimum absolute atomic E-state index is 0.397. The summed E-state index contributed by atoms with van der Waals surface area (Å²) >= 11 is 1.77. The molecule has 1 aliphatic heterocycles. The predicted molar refractivity (Wildman–Crippen MR) is 66.6 cm³/mol. The molecule has 1 heterocycles. The fourth-order valence-electron chi connectivity index (χ4n) is 1.64. The van der Waals surface area contributed by atoms with Crippen LogP contribution in [0.5, 0.6) is 0 Å². The first kappa shape index (κ1) is 11.1. The Balaban J connectivity index is 2.20. The lowest BCUT2D eigenvalue weighted by Crippen LogP contribution is -2.12. The highest BCUT2D eigenvalue weighted by Gasteiger charge is 2.17. The molecule has 0 radical (unpaired) electrons. The molecule has 0 bridgehead atoms. The fraction of sp³-hybridized carbons (Fsp3) is 0.250. The molecule has 1 aromatic rings. The lowest BCUT2D eigenvalue weighted by Gasteiger charge is -2.14. The van der Waals surface area contributed by atoms with E-state index < -0.39 is 6.09 Å². The van der Waals surface area contributed by atoms with Gasteiger partial charge >= 0.3 is 6.09 Å². The number of anilines is 1. The standard InChI is InChI=1S/C12H13NO2S/c1-15-12(14)13-10-6-3-2-5-9(10)11-7-4-8-16-11/h2-6,8,11H,7H2,1H3,(H,13,14). The zero-order chi connectivity index (χ0) is 11.4. The number of amides is 1. The highest BCUT2D eigenvalue weighted by molar-refractivity contribution is 8.02. The molecule has 1 aromatic carbocycles. The molecule has 1 N–H and O–H groups in total. The summed E-state index contributed by atoms with van der Waals surface area (Å²) in [5.41, 5.74) is 1.97. The van der Waals surface area contributed by atoms with Crippen molar-refractivity contribution in [1.29, 1.82) is 0 Å². The minimum Gasteiger partial charge on any atom is -0.453 e. The van der Waals surface area contributed by atoms with Crippen LogP contribution in [0.25, 0.3) is 0 Å². The average molecular weight is 235 g/mol. The van der Waals surface area contributed by atoms with E-state index in [1.54, 1.807) is 11.8 Å². The Morgan fingerprint density at radius 2 is 2.31 bits per heavy atom. The first-order valence-corrected chi connectivity index (χ1v) is 6.00. The van der Waals surface area contributed by atoms with Crippen LogP contribution >= 0.6 is 11.8 Å². The molecule has 0 spiro atoms. The second kappa shape index (κ2) is 5.07. The number of nitrogens with one attached hydrogen (secondary N) is 1. The number of benzene rings is 1. The van der Waals surface area contributed by atoms with Gasteiger partial charge in [0.05, 0.1) is 7.11 Å². The minimum atomic E-state index is -0.427. The molecule has 16 heavy (non-hydrogen) atoms. The van der Waals surface area contributed by atoms with Gasteiger partial charge < -0.3 is 4.74 Å². The van der Waals surface area contributed by atoms with Crippen LogP contribution in [0, 0.1) is 0 Å². The van der Waals surface area contributed by atoms with Gasteiger partial charge in [0, 0.05) is 10.9 Å². The molecular formula is C12H13NO2S. The molecule has 84 valence electrons. The summed E-state index contributed by atoms with van der Waals surface area (Å²) in [6.07, 6.45) is 2.72. The van der Waals surface area contributed by atoms with Gasteiger partial charge in [-0.2, -0.15) is 0 Å². The quantitative estimate of drug-likeness (QED) is 0.851. The Kier molecular flexibility index (Phi) is 3.51. The zero-order valence-corrected chi connectivity index (χ0v) is 9.79. The normalized spacial score (nSPS) is 18.4. The third-order valence-corrected chi connectivity index (χ3v) is 3.54. The molecular weight excluding hydrogens is 222 g/mol. The van der Waals surface area contributed by atoms with Crippen molar-refractivity contribution < 1.29 is 9.53 Å². The van der Waals surface area contributed by atoms with Crippen LogP contribution in [0.15, 0.2) is 35.7 Å². The first-order valence-electron chi connectivity index (χ1n) is 5.05. The van der Waals surface area contributed by atoms with Gasteiger partial charge in [0.2, 0.25) is 0 Å². The Hall–Kier alpha value is -1.42. The highest BCUT2D eigenvalue weighted by atomic mass is 32.2. The fourth-order valence-corrected chi connectivity index (χ4v) is 2.62. The van der Waals surface area contributed by atoms with E-state index in [0.29, 0.717) is 5.25 Å². The number of allylic oxidation sites excluding steroid dienone is 1. The lowest BCUT2D eigenvalue weighted by atomic mass is 10.1. The highest BCUT2D eigenvalue weighted by Crippen LogP contribution is 2.41.